The van der Waals surface area contributed by atoms with Crippen LogP contribution in [0.4, 0.5) is 70.2 Å². The van der Waals surface area contributed by atoms with Gasteiger partial charge in [-0.3, -0.25) is 0 Å². The van der Waals surface area contributed by atoms with Crippen LogP contribution in [-0.4, -0.2) is 55.7 Å². The Morgan fingerprint density at radius 3 is 1.13 bits per heavy atom. The molecular weight excluding hydrogens is 532 g/mol. The van der Waals surface area contributed by atoms with E-state index in [2.05, 4.69) is 11.6 Å². The predicted octanol–water partition coefficient (Wildman–Crippen LogP) is 5.31. The second kappa shape index (κ2) is 7.66. The molecule has 0 aliphatic heterocycles. The van der Waals surface area contributed by atoms with Crippen LogP contribution >= 0.6 is 11.6 Å². The van der Waals surface area contributed by atoms with Gasteiger partial charge in [0, 0.05) is 0 Å². The molecule has 0 bridgehead atoms. The molecule has 0 aliphatic carbocycles. The van der Waals surface area contributed by atoms with Crippen LogP contribution in [0.3, 0.4) is 0 Å². The summed E-state index contributed by atoms with van der Waals surface area (Å²) in [4.78, 5) is 0. The molecule has 1 atom stereocenters. The van der Waals surface area contributed by atoms with Crippen LogP contribution in [0.2, 0.25) is 0 Å². The van der Waals surface area contributed by atoms with Gasteiger partial charge in [-0.2, -0.15) is 70.2 Å². The van der Waals surface area contributed by atoms with Gasteiger partial charge in [-0.15, -0.1) is 0 Å². The second-order valence-electron chi connectivity index (χ2n) is 4.68. The van der Waals surface area contributed by atoms with Crippen LogP contribution in [0.5, 0.6) is 0 Å². The Bertz CT molecular complexity index is 660. The predicted molar refractivity (Wildman–Crippen MR) is 58.4 cm³/mol. The third-order valence-corrected chi connectivity index (χ3v) is 3.44. The zero-order valence-corrected chi connectivity index (χ0v) is 14.1. The molecule has 0 saturated carbocycles. The Morgan fingerprint density at radius 2 is 0.867 bits per heavy atom. The minimum absolute atomic E-state index is 1.28. The second-order valence-corrected chi connectivity index (χ2v) is 6.17. The summed E-state index contributed by atoms with van der Waals surface area (Å²) in [6.07, 6.45) is -30.1. The van der Waals surface area contributed by atoms with Crippen molar-refractivity contribution in [2.45, 2.75) is 46.9 Å². The molecule has 4 nitrogen and oxygen atoms in total. The largest absolute Gasteiger partial charge is 0.453 e. The molecule has 0 amide bonds. The van der Waals surface area contributed by atoms with Gasteiger partial charge in [0.2, 0.25) is 11.1 Å². The van der Waals surface area contributed by atoms with Gasteiger partial charge in [-0.1, -0.05) is 0 Å². The molecule has 0 saturated heterocycles. The Hall–Kier alpha value is -0.800. The first-order chi connectivity index (χ1) is 12.6. The minimum Gasteiger partial charge on any atom is -0.301 e. The third kappa shape index (κ3) is 4.83. The summed E-state index contributed by atoms with van der Waals surface area (Å²) >= 11 is -1.76. The fraction of sp³-hybridized carbons (Fsp3) is 1.00. The molecule has 1 N–H and O–H groups in total. The van der Waals surface area contributed by atoms with Crippen LogP contribution in [0.1, 0.15) is 0 Å². The minimum atomic E-state index is -7.86. The number of ether oxygens (including phenoxy) is 2. The molecule has 0 fully saturated rings. The van der Waals surface area contributed by atoms with E-state index in [-0.39, 0.29) is 0 Å². The van der Waals surface area contributed by atoms with E-state index in [1.165, 1.54) is 9.47 Å². The first kappa shape index (κ1) is 29.2. The first-order valence-electron chi connectivity index (χ1n) is 5.83. The van der Waals surface area contributed by atoms with Crippen molar-refractivity contribution in [1.29, 1.82) is 0 Å². The summed E-state index contributed by atoms with van der Waals surface area (Å²) in [6.45, 7) is 0. The maximum Gasteiger partial charge on any atom is 0.453 e. The zero-order chi connectivity index (χ0) is 25.0. The van der Waals surface area contributed by atoms with Gasteiger partial charge in [0.25, 0.3) is 0 Å². The highest BCUT2D eigenvalue weighted by Gasteiger charge is 2.84. The molecule has 30 heavy (non-hydrogen) atoms. The molecule has 0 radical (unpaired) electrons. The monoisotopic (exact) mass is 532 g/mol. The average molecular weight is 533 g/mol. The molecule has 1 unspecified atom stereocenters. The number of hydrogen-bond donors (Lipinski definition) is 1. The molecule has 0 aromatic heterocycles. The Morgan fingerprint density at radius 1 is 0.567 bits per heavy atom. The van der Waals surface area contributed by atoms with Crippen LogP contribution in [0, 0.1) is 0 Å². The number of rotatable bonds is 10. The van der Waals surface area contributed by atoms with Crippen LogP contribution in [0.15, 0.2) is 0 Å². The van der Waals surface area contributed by atoms with E-state index < -0.39 is 58.0 Å². The van der Waals surface area contributed by atoms with Crippen molar-refractivity contribution in [3.63, 3.8) is 0 Å². The summed E-state index contributed by atoms with van der Waals surface area (Å²) in [7, 11) is 0. The number of hydrogen-bond acceptors (Lipinski definition) is 3. The van der Waals surface area contributed by atoms with Crippen molar-refractivity contribution in [3.8, 4) is 0 Å². The highest BCUT2D eigenvalue weighted by molar-refractivity contribution is 7.80. The van der Waals surface area contributed by atoms with E-state index in [1.54, 1.807) is 0 Å². The highest BCUT2D eigenvalue weighted by atomic mass is 35.5. The molecular formula is C8HClF16O4S. The van der Waals surface area contributed by atoms with Crippen molar-refractivity contribution < 1.29 is 88.5 Å². The van der Waals surface area contributed by atoms with Gasteiger partial charge in [-0.25, -0.2) is 13.7 Å². The highest BCUT2D eigenvalue weighted by Crippen LogP contribution is 2.57. The quantitative estimate of drug-likeness (QED) is 0.236. The molecule has 0 aliphatic rings. The fourth-order valence-electron chi connectivity index (χ4n) is 1.03. The SMILES string of the molecule is O=S(O)C(F)(F)C(F)(F)OC(F)(F)C(F)(F)OC(F)(F)C(F)(F)C(F)(F)C(F)(F)Cl. The van der Waals surface area contributed by atoms with E-state index in [4.69, 9.17) is 4.55 Å². The lowest BCUT2D eigenvalue weighted by Gasteiger charge is -2.37. The van der Waals surface area contributed by atoms with Crippen LogP contribution in [-0.2, 0) is 20.6 Å². The fourth-order valence-corrected chi connectivity index (χ4v) is 1.39. The van der Waals surface area contributed by atoms with Gasteiger partial charge in [0.05, 0.1) is 0 Å². The van der Waals surface area contributed by atoms with Crippen LogP contribution in [0.25, 0.3) is 0 Å². The van der Waals surface area contributed by atoms with E-state index in [1.807, 2.05) is 0 Å². The van der Waals surface area contributed by atoms with E-state index in [0.717, 1.165) is 0 Å². The van der Waals surface area contributed by atoms with E-state index >= 15 is 0 Å². The molecule has 0 aromatic rings. The van der Waals surface area contributed by atoms with Crippen LogP contribution < -0.4 is 0 Å². The smallest absolute Gasteiger partial charge is 0.301 e. The lowest BCUT2D eigenvalue weighted by molar-refractivity contribution is -0.544. The Labute approximate surface area is 159 Å². The zero-order valence-electron chi connectivity index (χ0n) is 12.5. The van der Waals surface area contributed by atoms with Crippen molar-refractivity contribution >= 4 is 22.7 Å². The standard InChI is InChI=1S/C8HClF16O4S/c9-3(14,15)1(10,11)2(12,13)4(16,17)28-5(18,19)6(20,21)29-7(22,23)8(24,25)30(26)27/h(H,26,27). The van der Waals surface area contributed by atoms with Gasteiger partial charge in [0.15, 0.2) is 0 Å². The third-order valence-electron chi connectivity index (χ3n) is 2.53. The Balaban J connectivity index is 6.07. The van der Waals surface area contributed by atoms with Crippen molar-refractivity contribution in [2.75, 3.05) is 0 Å². The lowest BCUT2D eigenvalue weighted by Crippen LogP contribution is -2.64. The molecule has 22 heteroatoms. The van der Waals surface area contributed by atoms with Gasteiger partial charge < -0.3 is 4.55 Å². The van der Waals surface area contributed by atoms with Gasteiger partial charge in [0.1, 0.15) is 0 Å². The molecule has 182 valence electrons. The van der Waals surface area contributed by atoms with Crippen molar-refractivity contribution in [3.05, 3.63) is 0 Å². The molecule has 0 rings (SSSR count). The van der Waals surface area contributed by atoms with Crippen molar-refractivity contribution in [2.24, 2.45) is 0 Å². The molecule has 0 heterocycles. The normalized spacial score (nSPS) is 17.3. The summed E-state index contributed by atoms with van der Waals surface area (Å²) in [5, 5.41) is -13.3. The maximum atomic E-state index is 12.9. The topological polar surface area (TPSA) is 55.8 Å². The first-order valence-corrected chi connectivity index (χ1v) is 7.32. The van der Waals surface area contributed by atoms with Crippen molar-refractivity contribution in [1.82, 2.24) is 0 Å². The van der Waals surface area contributed by atoms with Gasteiger partial charge in [-0.05, 0) is 11.6 Å². The molecule has 0 aromatic carbocycles. The number of halogens is 17. The summed E-state index contributed by atoms with van der Waals surface area (Å²) in [5.74, 6) is -15.4. The lowest BCUT2D eigenvalue weighted by atomic mass is 10.1. The summed E-state index contributed by atoms with van der Waals surface area (Å²) < 4.78 is 224. The molecule has 0 spiro atoms. The Kier molecular flexibility index (Phi) is 7.45. The van der Waals surface area contributed by atoms with E-state index in [0.29, 0.717) is 0 Å². The summed E-state index contributed by atoms with van der Waals surface area (Å²) in [5.41, 5.74) is 0. The summed E-state index contributed by atoms with van der Waals surface area (Å²) in [6, 6.07) is 0. The average Bonchev–Trinajstić information content (AvgIpc) is 2.42. The van der Waals surface area contributed by atoms with E-state index in [9.17, 15) is 74.5 Å². The van der Waals surface area contributed by atoms with Gasteiger partial charge >= 0.3 is 46.9 Å². The maximum absolute atomic E-state index is 12.9. The number of alkyl halides is 17.